The van der Waals surface area contributed by atoms with Gasteiger partial charge in [0.1, 0.15) is 12.3 Å². The lowest BCUT2D eigenvalue weighted by molar-refractivity contribution is -0.140. The molecule has 2 atom stereocenters. The lowest BCUT2D eigenvalue weighted by Gasteiger charge is -2.19. The fraction of sp³-hybridized carbons (Fsp3) is 0.375. The summed E-state index contributed by atoms with van der Waals surface area (Å²) in [7, 11) is 0. The van der Waals surface area contributed by atoms with Crippen LogP contribution in [0.5, 0.6) is 0 Å². The number of carbonyl (C=O) groups is 1. The maximum absolute atomic E-state index is 11.2. The van der Waals surface area contributed by atoms with Gasteiger partial charge in [0.15, 0.2) is 0 Å². The van der Waals surface area contributed by atoms with Crippen LogP contribution in [0.15, 0.2) is 41.0 Å². The van der Waals surface area contributed by atoms with Crippen molar-refractivity contribution in [2.24, 2.45) is 5.92 Å². The number of hydrogen-bond acceptors (Lipinski definition) is 4. The van der Waals surface area contributed by atoms with Crippen LogP contribution in [0.3, 0.4) is 0 Å². The number of nitrogens with one attached hydrogen (secondary N) is 1. The number of nitrogens with zero attached hydrogens (tertiary/aromatic N) is 1. The molecule has 0 spiro atoms. The van der Waals surface area contributed by atoms with Gasteiger partial charge in [-0.05, 0) is 18.1 Å². The highest BCUT2D eigenvalue weighted by Gasteiger charge is 2.23. The summed E-state index contributed by atoms with van der Waals surface area (Å²) in [5, 5.41) is 12.3. The average Bonchev–Trinajstić information content (AvgIpc) is 2.96. The Morgan fingerprint density at radius 1 is 1.38 bits per heavy atom. The highest BCUT2D eigenvalue weighted by molar-refractivity contribution is 5.73. The molecule has 1 heterocycles. The molecule has 0 amide bonds. The number of rotatable bonds is 7. The topological polar surface area (TPSA) is 75.4 Å². The van der Waals surface area contributed by atoms with Crippen LogP contribution in [0.4, 0.5) is 0 Å². The molecule has 2 N–H and O–H groups in total. The van der Waals surface area contributed by atoms with Crippen molar-refractivity contribution >= 4 is 5.97 Å². The van der Waals surface area contributed by atoms with Gasteiger partial charge in [0.2, 0.25) is 5.89 Å². The molecule has 0 saturated carbocycles. The largest absolute Gasteiger partial charge is 0.480 e. The minimum absolute atomic E-state index is 0.0583. The summed E-state index contributed by atoms with van der Waals surface area (Å²) in [6.07, 6.45) is 2.36. The second kappa shape index (κ2) is 7.04. The first kappa shape index (κ1) is 15.3. The number of oxazole rings is 1. The van der Waals surface area contributed by atoms with E-state index in [0.717, 1.165) is 12.0 Å². The van der Waals surface area contributed by atoms with Crippen LogP contribution in [-0.2, 0) is 11.3 Å². The summed E-state index contributed by atoms with van der Waals surface area (Å²) in [6, 6.07) is 9.02. The van der Waals surface area contributed by atoms with Crippen molar-refractivity contribution in [3.05, 3.63) is 42.3 Å². The Balaban J connectivity index is 2.01. The molecule has 0 aliphatic rings. The molecular weight excluding hydrogens is 268 g/mol. The normalized spacial score (nSPS) is 13.8. The average molecular weight is 288 g/mol. The van der Waals surface area contributed by atoms with Gasteiger partial charge in [0.25, 0.3) is 0 Å². The highest BCUT2D eigenvalue weighted by Crippen LogP contribution is 2.18. The van der Waals surface area contributed by atoms with Crippen LogP contribution < -0.4 is 5.32 Å². The van der Waals surface area contributed by atoms with E-state index in [1.165, 1.54) is 0 Å². The Hall–Kier alpha value is -2.14. The number of carboxylic acid groups (broad SMARTS) is 1. The van der Waals surface area contributed by atoms with Crippen LogP contribution in [-0.4, -0.2) is 22.1 Å². The van der Waals surface area contributed by atoms with E-state index in [9.17, 15) is 9.90 Å². The first-order valence-electron chi connectivity index (χ1n) is 7.07. The molecule has 0 unspecified atom stereocenters. The number of aliphatic carboxylic acids is 1. The van der Waals surface area contributed by atoms with Gasteiger partial charge in [-0.25, -0.2) is 4.98 Å². The van der Waals surface area contributed by atoms with Crippen LogP contribution >= 0.6 is 0 Å². The smallest absolute Gasteiger partial charge is 0.320 e. The summed E-state index contributed by atoms with van der Waals surface area (Å²) >= 11 is 0. The second-order valence-electron chi connectivity index (χ2n) is 5.09. The van der Waals surface area contributed by atoms with Crippen LogP contribution in [0.1, 0.15) is 26.0 Å². The summed E-state index contributed by atoms with van der Waals surface area (Å²) in [6.45, 7) is 4.27. The van der Waals surface area contributed by atoms with Gasteiger partial charge in [0, 0.05) is 12.1 Å². The van der Waals surface area contributed by atoms with Crippen molar-refractivity contribution < 1.29 is 14.3 Å². The zero-order chi connectivity index (χ0) is 15.2. The Labute approximate surface area is 124 Å². The molecule has 0 aliphatic carbocycles. The Bertz CT molecular complexity index is 580. The number of aromatic nitrogens is 1. The van der Waals surface area contributed by atoms with Gasteiger partial charge < -0.3 is 9.52 Å². The molecule has 0 saturated heterocycles. The van der Waals surface area contributed by atoms with Gasteiger partial charge in [-0.3, -0.25) is 10.1 Å². The van der Waals surface area contributed by atoms with E-state index in [4.69, 9.17) is 4.42 Å². The number of benzene rings is 1. The van der Waals surface area contributed by atoms with Crippen molar-refractivity contribution in [3.63, 3.8) is 0 Å². The van der Waals surface area contributed by atoms with Crippen molar-refractivity contribution in [1.29, 1.82) is 0 Å². The Morgan fingerprint density at radius 2 is 2.10 bits per heavy atom. The molecule has 1 aromatic carbocycles. The third kappa shape index (κ3) is 3.92. The van der Waals surface area contributed by atoms with Crippen LogP contribution in [0.25, 0.3) is 11.5 Å². The first-order chi connectivity index (χ1) is 10.1. The van der Waals surface area contributed by atoms with E-state index in [0.29, 0.717) is 18.1 Å². The summed E-state index contributed by atoms with van der Waals surface area (Å²) in [5.74, 6) is -0.234. The summed E-state index contributed by atoms with van der Waals surface area (Å²) < 4.78 is 5.43. The molecule has 5 heteroatoms. The predicted octanol–water partition coefficient (Wildman–Crippen LogP) is 2.93. The number of hydrogen-bond donors (Lipinski definition) is 2. The third-order valence-electron chi connectivity index (χ3n) is 3.55. The molecule has 1 aromatic heterocycles. The van der Waals surface area contributed by atoms with Gasteiger partial charge in [-0.2, -0.15) is 0 Å². The molecule has 0 aliphatic heterocycles. The second-order valence-corrected chi connectivity index (χ2v) is 5.09. The molecule has 0 radical (unpaired) electrons. The van der Waals surface area contributed by atoms with E-state index in [2.05, 4.69) is 10.3 Å². The lowest BCUT2D eigenvalue weighted by Crippen LogP contribution is -2.41. The third-order valence-corrected chi connectivity index (χ3v) is 3.55. The Morgan fingerprint density at radius 3 is 2.71 bits per heavy atom. The van der Waals surface area contributed by atoms with E-state index in [-0.39, 0.29) is 5.92 Å². The molecule has 112 valence electrons. The SMILES string of the molecule is CC[C@H](C)[C@H](NCc1coc(-c2ccccc2)n1)C(=O)O. The van der Waals surface area contributed by atoms with Gasteiger partial charge in [-0.15, -0.1) is 0 Å². The monoisotopic (exact) mass is 288 g/mol. The quantitative estimate of drug-likeness (QED) is 0.819. The van der Waals surface area contributed by atoms with Crippen molar-refractivity contribution in [1.82, 2.24) is 10.3 Å². The van der Waals surface area contributed by atoms with E-state index >= 15 is 0 Å². The molecular formula is C16H20N2O3. The minimum Gasteiger partial charge on any atom is -0.480 e. The van der Waals surface area contributed by atoms with Crippen LogP contribution in [0, 0.1) is 5.92 Å². The molecule has 0 fully saturated rings. The fourth-order valence-corrected chi connectivity index (χ4v) is 2.08. The number of carboxylic acids is 1. The van der Waals surface area contributed by atoms with E-state index in [1.807, 2.05) is 44.2 Å². The molecule has 2 aromatic rings. The van der Waals surface area contributed by atoms with Gasteiger partial charge in [-0.1, -0.05) is 38.5 Å². The zero-order valence-electron chi connectivity index (χ0n) is 12.2. The minimum atomic E-state index is -0.837. The summed E-state index contributed by atoms with van der Waals surface area (Å²) in [4.78, 5) is 15.6. The maximum atomic E-state index is 11.2. The summed E-state index contributed by atoms with van der Waals surface area (Å²) in [5.41, 5.74) is 1.60. The van der Waals surface area contributed by atoms with Gasteiger partial charge >= 0.3 is 5.97 Å². The highest BCUT2D eigenvalue weighted by atomic mass is 16.4. The molecule has 21 heavy (non-hydrogen) atoms. The molecule has 0 bridgehead atoms. The van der Waals surface area contributed by atoms with Crippen LogP contribution in [0.2, 0.25) is 0 Å². The van der Waals surface area contributed by atoms with E-state index in [1.54, 1.807) is 6.26 Å². The van der Waals surface area contributed by atoms with Gasteiger partial charge in [0.05, 0.1) is 5.69 Å². The van der Waals surface area contributed by atoms with Crippen molar-refractivity contribution in [3.8, 4) is 11.5 Å². The van der Waals surface area contributed by atoms with E-state index < -0.39 is 12.0 Å². The molecule has 2 rings (SSSR count). The fourth-order valence-electron chi connectivity index (χ4n) is 2.08. The first-order valence-corrected chi connectivity index (χ1v) is 7.07. The Kier molecular flexibility index (Phi) is 5.11. The lowest BCUT2D eigenvalue weighted by atomic mass is 9.99. The maximum Gasteiger partial charge on any atom is 0.320 e. The zero-order valence-corrected chi connectivity index (χ0v) is 12.2. The standard InChI is InChI=1S/C16H20N2O3/c1-3-11(2)14(16(19)20)17-9-13-10-21-15(18-13)12-7-5-4-6-8-12/h4-8,10-11,14,17H,3,9H2,1-2H3,(H,19,20)/t11-,14-/m0/s1. The predicted molar refractivity (Wildman–Crippen MR) is 79.7 cm³/mol. The van der Waals surface area contributed by atoms with Crippen molar-refractivity contribution in [2.75, 3.05) is 0 Å². The molecule has 5 nitrogen and oxygen atoms in total. The van der Waals surface area contributed by atoms with Crippen molar-refractivity contribution in [2.45, 2.75) is 32.9 Å².